The fourth-order valence-corrected chi connectivity index (χ4v) is 5.56. The smallest absolute Gasteiger partial charge is 0.328 e. The maximum Gasteiger partial charge on any atom is 0.328 e. The molecule has 2 aromatic rings. The van der Waals surface area contributed by atoms with Crippen LogP contribution in [0.15, 0.2) is 60.7 Å². The zero-order chi connectivity index (χ0) is 19.5. The van der Waals surface area contributed by atoms with E-state index in [4.69, 9.17) is 8.71 Å². The standard InChI is InChI=1S/C18H20NO6PS/c1-27(22,23)25-14-12-17(19-13-14)18(20)24-26(21,15-8-4-2-5-9-15)16-10-6-3-7-11-16/h2-11,14,17,19H,12-13H2,1H3/t14-,17+/m1/s1. The van der Waals surface area contributed by atoms with Crippen molar-refractivity contribution in [1.82, 2.24) is 5.32 Å². The van der Waals surface area contributed by atoms with Crippen molar-refractivity contribution < 1.29 is 26.5 Å². The zero-order valence-corrected chi connectivity index (χ0v) is 16.4. The first-order chi connectivity index (χ1) is 12.8. The summed E-state index contributed by atoms with van der Waals surface area (Å²) in [4.78, 5) is 12.7. The summed E-state index contributed by atoms with van der Waals surface area (Å²) < 4.78 is 46.6. The highest BCUT2D eigenvalue weighted by Gasteiger charge is 2.38. The lowest BCUT2D eigenvalue weighted by atomic mass is 10.2. The third-order valence-electron chi connectivity index (χ3n) is 4.10. The van der Waals surface area contributed by atoms with E-state index in [2.05, 4.69) is 5.32 Å². The number of carbonyl (C=O) groups excluding carboxylic acids is 1. The number of nitrogens with one attached hydrogen (secondary N) is 1. The summed E-state index contributed by atoms with van der Waals surface area (Å²) in [6.07, 6.45) is 0.415. The molecular weight excluding hydrogens is 389 g/mol. The molecule has 0 unspecified atom stereocenters. The summed E-state index contributed by atoms with van der Waals surface area (Å²) in [5.41, 5.74) is 0. The Labute approximate surface area is 158 Å². The van der Waals surface area contributed by atoms with E-state index in [1.165, 1.54) is 0 Å². The first kappa shape index (κ1) is 19.8. The van der Waals surface area contributed by atoms with Gasteiger partial charge in [-0.05, 0) is 24.3 Å². The van der Waals surface area contributed by atoms with Gasteiger partial charge in [0.25, 0.3) is 10.1 Å². The lowest BCUT2D eigenvalue weighted by molar-refractivity contribution is -0.136. The molecule has 3 rings (SSSR count). The Bertz CT molecular complexity index is 905. The van der Waals surface area contributed by atoms with E-state index in [1.807, 2.05) is 0 Å². The van der Waals surface area contributed by atoms with Crippen LogP contribution in [0.2, 0.25) is 0 Å². The molecular formula is C18H20NO6PS. The van der Waals surface area contributed by atoms with E-state index in [0.717, 1.165) is 6.26 Å². The fraction of sp³-hybridized carbons (Fsp3) is 0.278. The molecule has 7 nitrogen and oxygen atoms in total. The van der Waals surface area contributed by atoms with Crippen LogP contribution in [0, 0.1) is 0 Å². The van der Waals surface area contributed by atoms with Gasteiger partial charge in [-0.15, -0.1) is 0 Å². The summed E-state index contributed by atoms with van der Waals surface area (Å²) in [5.74, 6) is -0.703. The number of benzene rings is 2. The van der Waals surface area contributed by atoms with E-state index >= 15 is 0 Å². The molecule has 1 aliphatic rings. The molecule has 1 fully saturated rings. The van der Waals surface area contributed by atoms with Gasteiger partial charge in [0, 0.05) is 13.0 Å². The molecule has 1 saturated heterocycles. The maximum absolute atomic E-state index is 13.7. The van der Waals surface area contributed by atoms with E-state index in [-0.39, 0.29) is 13.0 Å². The fourth-order valence-electron chi connectivity index (χ4n) is 2.90. The van der Waals surface area contributed by atoms with Gasteiger partial charge in [0.2, 0.25) is 0 Å². The predicted molar refractivity (Wildman–Crippen MR) is 102 cm³/mol. The van der Waals surface area contributed by atoms with Gasteiger partial charge in [-0.1, -0.05) is 36.4 Å². The van der Waals surface area contributed by atoms with Crippen molar-refractivity contribution in [3.8, 4) is 0 Å². The highest BCUT2D eigenvalue weighted by Crippen LogP contribution is 2.45. The minimum Gasteiger partial charge on any atom is -0.404 e. The topological polar surface area (TPSA) is 98.8 Å². The maximum atomic E-state index is 13.7. The average molecular weight is 409 g/mol. The van der Waals surface area contributed by atoms with Crippen molar-refractivity contribution in [2.45, 2.75) is 18.6 Å². The third kappa shape index (κ3) is 4.84. The number of rotatable bonds is 6. The van der Waals surface area contributed by atoms with Crippen molar-refractivity contribution in [2.75, 3.05) is 12.8 Å². The lowest BCUT2D eigenvalue weighted by Gasteiger charge is -2.21. The van der Waals surface area contributed by atoms with Crippen molar-refractivity contribution >= 4 is 34.1 Å². The van der Waals surface area contributed by atoms with Crippen LogP contribution in [0.1, 0.15) is 6.42 Å². The van der Waals surface area contributed by atoms with Crippen LogP contribution < -0.4 is 15.9 Å². The van der Waals surface area contributed by atoms with Crippen LogP contribution >= 0.6 is 7.37 Å². The van der Waals surface area contributed by atoms with E-state index in [9.17, 15) is 17.8 Å². The minimum absolute atomic E-state index is 0.121. The van der Waals surface area contributed by atoms with Gasteiger partial charge >= 0.3 is 13.3 Å². The number of hydrogen-bond donors (Lipinski definition) is 1. The van der Waals surface area contributed by atoms with Crippen LogP contribution in [0.5, 0.6) is 0 Å². The van der Waals surface area contributed by atoms with Crippen molar-refractivity contribution in [2.24, 2.45) is 0 Å². The van der Waals surface area contributed by atoms with Crippen molar-refractivity contribution in [1.29, 1.82) is 0 Å². The van der Waals surface area contributed by atoms with Gasteiger partial charge in [0.15, 0.2) is 0 Å². The quantitative estimate of drug-likeness (QED) is 0.565. The molecule has 0 spiro atoms. The second kappa shape index (κ2) is 7.94. The highest BCUT2D eigenvalue weighted by atomic mass is 32.2. The normalized spacial score (nSPS) is 20.3. The molecule has 0 radical (unpaired) electrons. The molecule has 0 bridgehead atoms. The molecule has 9 heteroatoms. The Balaban J connectivity index is 1.82. The third-order valence-corrected chi connectivity index (χ3v) is 7.11. The first-order valence-corrected chi connectivity index (χ1v) is 11.8. The molecule has 1 N–H and O–H groups in total. The number of hydrogen-bond acceptors (Lipinski definition) is 7. The Kier molecular flexibility index (Phi) is 5.81. The summed E-state index contributed by atoms with van der Waals surface area (Å²) >= 11 is 0. The monoisotopic (exact) mass is 409 g/mol. The Morgan fingerprint density at radius 1 is 1.04 bits per heavy atom. The summed E-state index contributed by atoms with van der Waals surface area (Å²) in [7, 11) is -7.27. The lowest BCUT2D eigenvalue weighted by Crippen LogP contribution is -2.34. The van der Waals surface area contributed by atoms with Gasteiger partial charge in [0.1, 0.15) is 6.04 Å². The first-order valence-electron chi connectivity index (χ1n) is 8.34. The SMILES string of the molecule is CS(=O)(=O)O[C@H]1CN[C@H](C(=O)OP(=O)(c2ccccc2)c2ccccc2)C1. The summed E-state index contributed by atoms with van der Waals surface area (Å²) in [5, 5.41) is 3.69. The van der Waals surface area contributed by atoms with Gasteiger partial charge in [0.05, 0.1) is 23.0 Å². The van der Waals surface area contributed by atoms with Gasteiger partial charge in [-0.2, -0.15) is 8.42 Å². The van der Waals surface area contributed by atoms with E-state index in [1.54, 1.807) is 60.7 Å². The molecule has 144 valence electrons. The largest absolute Gasteiger partial charge is 0.404 e. The second-order valence-corrected chi connectivity index (χ2v) is 10.2. The Morgan fingerprint density at radius 2 is 1.56 bits per heavy atom. The second-order valence-electron chi connectivity index (χ2n) is 6.25. The summed E-state index contributed by atoms with van der Waals surface area (Å²) in [6.45, 7) is 0.188. The predicted octanol–water partition coefficient (Wildman–Crippen LogP) is 1.17. The molecule has 27 heavy (non-hydrogen) atoms. The molecule has 0 aromatic heterocycles. The van der Waals surface area contributed by atoms with Crippen LogP contribution in [-0.2, 0) is 28.2 Å². The molecule has 1 heterocycles. The van der Waals surface area contributed by atoms with Gasteiger partial charge < -0.3 is 9.84 Å². The van der Waals surface area contributed by atoms with Crippen LogP contribution in [0.25, 0.3) is 0 Å². The Hall–Kier alpha value is -1.99. The van der Waals surface area contributed by atoms with Crippen molar-refractivity contribution in [3.05, 3.63) is 60.7 Å². The van der Waals surface area contributed by atoms with Crippen LogP contribution in [0.4, 0.5) is 0 Å². The van der Waals surface area contributed by atoms with E-state index in [0.29, 0.717) is 10.6 Å². The molecule has 0 saturated carbocycles. The average Bonchev–Trinajstić information content (AvgIpc) is 3.10. The highest BCUT2D eigenvalue weighted by molar-refractivity contribution is 7.86. The van der Waals surface area contributed by atoms with E-state index < -0.39 is 35.6 Å². The van der Waals surface area contributed by atoms with Crippen LogP contribution in [0.3, 0.4) is 0 Å². The molecule has 2 atom stereocenters. The number of carbonyl (C=O) groups is 1. The van der Waals surface area contributed by atoms with Gasteiger partial charge in [-0.3, -0.25) is 13.5 Å². The summed E-state index contributed by atoms with van der Waals surface area (Å²) in [6, 6.07) is 16.3. The Morgan fingerprint density at radius 3 is 2.04 bits per heavy atom. The molecule has 2 aromatic carbocycles. The molecule has 1 aliphatic heterocycles. The molecule has 0 amide bonds. The minimum atomic E-state index is -3.64. The zero-order valence-electron chi connectivity index (χ0n) is 14.6. The van der Waals surface area contributed by atoms with Crippen molar-refractivity contribution in [3.63, 3.8) is 0 Å². The van der Waals surface area contributed by atoms with Crippen LogP contribution in [-0.4, -0.2) is 39.3 Å². The molecule has 0 aliphatic carbocycles. The van der Waals surface area contributed by atoms with Gasteiger partial charge in [-0.25, -0.2) is 0 Å².